The summed E-state index contributed by atoms with van der Waals surface area (Å²) in [6.07, 6.45) is 6.78. The van der Waals surface area contributed by atoms with Crippen molar-refractivity contribution in [3.8, 4) is 6.07 Å². The molecule has 0 saturated heterocycles. The summed E-state index contributed by atoms with van der Waals surface area (Å²) in [5.41, 5.74) is 5.85. The molecule has 2 aliphatic rings. The lowest BCUT2D eigenvalue weighted by Gasteiger charge is -2.28. The minimum absolute atomic E-state index is 0.00917. The Labute approximate surface area is 154 Å². The standard InChI is InChI=1S/C21H24N4O/c1-15-5-3-6-16(2)20(15)24-19(26)14-25-11-8-17(9-12-25)21-18(13-22)7-4-10-23-21/h3-8,23H,9-12,14H2,1-2H3,(H,24,26). The molecule has 0 radical (unpaired) electrons. The zero-order valence-corrected chi connectivity index (χ0v) is 15.3. The molecule has 26 heavy (non-hydrogen) atoms. The minimum Gasteiger partial charge on any atom is -0.380 e. The highest BCUT2D eigenvalue weighted by Crippen LogP contribution is 2.23. The van der Waals surface area contributed by atoms with E-state index in [0.717, 1.165) is 47.6 Å². The molecule has 1 aromatic carbocycles. The lowest BCUT2D eigenvalue weighted by molar-refractivity contribution is -0.117. The Morgan fingerprint density at radius 3 is 2.77 bits per heavy atom. The van der Waals surface area contributed by atoms with Gasteiger partial charge in [0.05, 0.1) is 17.8 Å². The van der Waals surface area contributed by atoms with Crippen molar-refractivity contribution in [3.05, 3.63) is 64.4 Å². The quantitative estimate of drug-likeness (QED) is 0.878. The van der Waals surface area contributed by atoms with Crippen molar-refractivity contribution in [2.24, 2.45) is 0 Å². The van der Waals surface area contributed by atoms with Crippen LogP contribution in [0.25, 0.3) is 0 Å². The van der Waals surface area contributed by atoms with E-state index in [1.165, 1.54) is 0 Å². The molecule has 2 aliphatic heterocycles. The third-order valence-electron chi connectivity index (χ3n) is 4.80. The fraction of sp³-hybridized carbons (Fsp3) is 0.333. The molecule has 1 aromatic rings. The average Bonchev–Trinajstić information content (AvgIpc) is 2.65. The number of carbonyl (C=O) groups is 1. The lowest BCUT2D eigenvalue weighted by atomic mass is 9.99. The van der Waals surface area contributed by atoms with Crippen molar-refractivity contribution < 1.29 is 4.79 Å². The lowest BCUT2D eigenvalue weighted by Crippen LogP contribution is -2.37. The third kappa shape index (κ3) is 4.04. The second-order valence-corrected chi connectivity index (χ2v) is 6.71. The Morgan fingerprint density at radius 2 is 2.12 bits per heavy atom. The summed E-state index contributed by atoms with van der Waals surface area (Å²) < 4.78 is 0. The maximum Gasteiger partial charge on any atom is 0.238 e. The molecule has 0 spiro atoms. The Morgan fingerprint density at radius 1 is 1.35 bits per heavy atom. The van der Waals surface area contributed by atoms with Crippen molar-refractivity contribution in [1.82, 2.24) is 10.2 Å². The molecule has 0 aromatic heterocycles. The number of hydrogen-bond donors (Lipinski definition) is 2. The van der Waals surface area contributed by atoms with Crippen molar-refractivity contribution in [1.29, 1.82) is 5.26 Å². The monoisotopic (exact) mass is 348 g/mol. The van der Waals surface area contributed by atoms with Crippen LogP contribution in [0.5, 0.6) is 0 Å². The van der Waals surface area contributed by atoms with E-state index >= 15 is 0 Å². The van der Waals surface area contributed by atoms with Gasteiger partial charge in [-0.25, -0.2) is 0 Å². The maximum absolute atomic E-state index is 12.4. The van der Waals surface area contributed by atoms with Crippen LogP contribution >= 0.6 is 0 Å². The average molecular weight is 348 g/mol. The number of allylic oxidation sites excluding steroid dienone is 3. The molecule has 134 valence electrons. The molecule has 0 saturated carbocycles. The summed E-state index contributed by atoms with van der Waals surface area (Å²) in [5, 5.41) is 15.6. The number of aryl methyl sites for hydroxylation is 2. The first kappa shape index (κ1) is 18.0. The first-order valence-electron chi connectivity index (χ1n) is 8.91. The predicted octanol–water partition coefficient (Wildman–Crippen LogP) is 2.81. The molecule has 5 nitrogen and oxygen atoms in total. The SMILES string of the molecule is Cc1cccc(C)c1NC(=O)CN1CC=C(C2=C(C#N)C=CCN2)CC1. The van der Waals surface area contributed by atoms with E-state index in [1.54, 1.807) is 0 Å². The highest BCUT2D eigenvalue weighted by Gasteiger charge is 2.19. The van der Waals surface area contributed by atoms with Crippen molar-refractivity contribution >= 4 is 11.6 Å². The number of dihydropyridines is 1. The first-order valence-corrected chi connectivity index (χ1v) is 8.91. The van der Waals surface area contributed by atoms with E-state index < -0.39 is 0 Å². The van der Waals surface area contributed by atoms with Crippen molar-refractivity contribution in [2.45, 2.75) is 20.3 Å². The molecular formula is C21H24N4O. The molecule has 1 amide bonds. The van der Waals surface area contributed by atoms with E-state index in [2.05, 4.69) is 27.7 Å². The number of carbonyl (C=O) groups excluding carboxylic acids is 1. The summed E-state index contributed by atoms with van der Waals surface area (Å²) in [5.74, 6) is 0.00917. The molecular weight excluding hydrogens is 324 g/mol. The number of rotatable bonds is 4. The van der Waals surface area contributed by atoms with Gasteiger partial charge in [0.25, 0.3) is 0 Å². The molecule has 0 unspecified atom stereocenters. The molecule has 2 N–H and O–H groups in total. The van der Waals surface area contributed by atoms with Gasteiger partial charge in [-0.05, 0) is 43.0 Å². The molecule has 0 bridgehead atoms. The smallest absolute Gasteiger partial charge is 0.238 e. The van der Waals surface area contributed by atoms with Gasteiger partial charge in [0, 0.05) is 25.3 Å². The van der Waals surface area contributed by atoms with Gasteiger partial charge in [0.1, 0.15) is 6.07 Å². The number of nitrogens with zero attached hydrogens (tertiary/aromatic N) is 2. The van der Waals surface area contributed by atoms with Gasteiger partial charge in [-0.1, -0.05) is 30.4 Å². The number of benzene rings is 1. The van der Waals surface area contributed by atoms with E-state index in [1.807, 2.05) is 44.2 Å². The molecule has 0 fully saturated rings. The second-order valence-electron chi connectivity index (χ2n) is 6.71. The molecule has 5 heteroatoms. The van der Waals surface area contributed by atoms with Crippen molar-refractivity contribution in [2.75, 3.05) is 31.5 Å². The van der Waals surface area contributed by atoms with E-state index in [0.29, 0.717) is 18.7 Å². The van der Waals surface area contributed by atoms with Crippen LogP contribution in [0, 0.1) is 25.2 Å². The Hall–Kier alpha value is -2.84. The van der Waals surface area contributed by atoms with Crippen LogP contribution in [0.4, 0.5) is 5.69 Å². The fourth-order valence-corrected chi connectivity index (χ4v) is 3.37. The summed E-state index contributed by atoms with van der Waals surface area (Å²) in [7, 11) is 0. The van der Waals surface area contributed by atoms with Crippen molar-refractivity contribution in [3.63, 3.8) is 0 Å². The Kier molecular flexibility index (Phi) is 5.55. The number of nitrogens with one attached hydrogen (secondary N) is 2. The summed E-state index contributed by atoms with van der Waals surface area (Å²) >= 11 is 0. The zero-order valence-electron chi connectivity index (χ0n) is 15.3. The predicted molar refractivity (Wildman–Crippen MR) is 103 cm³/mol. The number of hydrogen-bond acceptors (Lipinski definition) is 4. The highest BCUT2D eigenvalue weighted by molar-refractivity contribution is 5.93. The van der Waals surface area contributed by atoms with Crippen LogP contribution in [-0.4, -0.2) is 37.0 Å². The van der Waals surface area contributed by atoms with Crippen LogP contribution < -0.4 is 10.6 Å². The van der Waals surface area contributed by atoms with E-state index in [-0.39, 0.29) is 5.91 Å². The molecule has 0 atom stereocenters. The number of nitriles is 1. The van der Waals surface area contributed by atoms with Crippen LogP contribution in [-0.2, 0) is 4.79 Å². The Balaban J connectivity index is 1.61. The van der Waals surface area contributed by atoms with Crippen LogP contribution in [0.15, 0.2) is 53.3 Å². The molecule has 3 rings (SSSR count). The summed E-state index contributed by atoms with van der Waals surface area (Å²) in [6.45, 7) is 6.65. The second kappa shape index (κ2) is 8.03. The number of amides is 1. The van der Waals surface area contributed by atoms with Gasteiger partial charge in [0.2, 0.25) is 5.91 Å². The van der Waals surface area contributed by atoms with Crippen LogP contribution in [0.1, 0.15) is 17.5 Å². The van der Waals surface area contributed by atoms with Gasteiger partial charge in [-0.2, -0.15) is 5.26 Å². The van der Waals surface area contributed by atoms with Crippen LogP contribution in [0.3, 0.4) is 0 Å². The topological polar surface area (TPSA) is 68.2 Å². The highest BCUT2D eigenvalue weighted by atomic mass is 16.2. The molecule has 0 aliphatic carbocycles. The van der Waals surface area contributed by atoms with Gasteiger partial charge in [0.15, 0.2) is 0 Å². The number of para-hydroxylation sites is 1. The minimum atomic E-state index is 0.00917. The van der Waals surface area contributed by atoms with E-state index in [9.17, 15) is 10.1 Å². The normalized spacial score (nSPS) is 17.3. The van der Waals surface area contributed by atoms with Gasteiger partial charge < -0.3 is 10.6 Å². The summed E-state index contributed by atoms with van der Waals surface area (Å²) in [6, 6.07) is 8.25. The molecule has 2 heterocycles. The zero-order chi connectivity index (χ0) is 18.5. The Bertz CT molecular complexity index is 822. The van der Waals surface area contributed by atoms with Gasteiger partial charge >= 0.3 is 0 Å². The van der Waals surface area contributed by atoms with E-state index in [4.69, 9.17) is 0 Å². The summed E-state index contributed by atoms with van der Waals surface area (Å²) in [4.78, 5) is 14.5. The van der Waals surface area contributed by atoms with Crippen LogP contribution in [0.2, 0.25) is 0 Å². The first-order chi connectivity index (χ1) is 12.6. The van der Waals surface area contributed by atoms with Gasteiger partial charge in [-0.15, -0.1) is 0 Å². The number of anilines is 1. The largest absolute Gasteiger partial charge is 0.380 e. The van der Waals surface area contributed by atoms with Gasteiger partial charge in [-0.3, -0.25) is 9.69 Å². The maximum atomic E-state index is 12.4. The fourth-order valence-electron chi connectivity index (χ4n) is 3.37. The third-order valence-corrected chi connectivity index (χ3v) is 4.80.